The second-order valence-corrected chi connectivity index (χ2v) is 5.73. The van der Waals surface area contributed by atoms with Gasteiger partial charge in [0.15, 0.2) is 5.82 Å². The summed E-state index contributed by atoms with van der Waals surface area (Å²) < 4.78 is 15.9. The molecule has 0 atom stereocenters. The Labute approximate surface area is 160 Å². The van der Waals surface area contributed by atoms with Crippen molar-refractivity contribution in [3.8, 4) is 28.8 Å². The summed E-state index contributed by atoms with van der Waals surface area (Å²) in [6.07, 6.45) is 0. The molecule has 0 saturated heterocycles. The number of hydrogen-bond donors (Lipinski definition) is 0. The Morgan fingerprint density at radius 1 is 1.00 bits per heavy atom. The molecule has 2 aromatic carbocycles. The lowest BCUT2D eigenvalue weighted by Crippen LogP contribution is -2.12. The van der Waals surface area contributed by atoms with Crippen LogP contribution in [0, 0.1) is 0 Å². The molecule has 0 radical (unpaired) electrons. The summed E-state index contributed by atoms with van der Waals surface area (Å²) in [4.78, 5) is 16.5. The van der Waals surface area contributed by atoms with Gasteiger partial charge in [0, 0.05) is 10.6 Å². The van der Waals surface area contributed by atoms with Crippen molar-refractivity contribution >= 4 is 17.6 Å². The molecule has 27 heavy (non-hydrogen) atoms. The van der Waals surface area contributed by atoms with Crippen LogP contribution in [-0.2, 0) is 4.74 Å². The fourth-order valence-electron chi connectivity index (χ4n) is 2.19. The van der Waals surface area contributed by atoms with Crippen LogP contribution in [0.25, 0.3) is 11.4 Å². The van der Waals surface area contributed by atoms with E-state index in [1.165, 1.54) is 0 Å². The summed E-state index contributed by atoms with van der Waals surface area (Å²) in [6.45, 7) is 1.89. The molecule has 0 N–H and O–H groups in total. The lowest BCUT2D eigenvalue weighted by Gasteiger charge is -2.10. The van der Waals surface area contributed by atoms with E-state index >= 15 is 0 Å². The van der Waals surface area contributed by atoms with E-state index < -0.39 is 5.97 Å². The van der Waals surface area contributed by atoms with Crippen molar-refractivity contribution < 1.29 is 19.0 Å². The largest absolute Gasteiger partial charge is 0.497 e. The minimum absolute atomic E-state index is 0.00316. The van der Waals surface area contributed by atoms with Crippen molar-refractivity contribution in [1.29, 1.82) is 0 Å². The second kappa shape index (κ2) is 8.46. The van der Waals surface area contributed by atoms with E-state index in [1.807, 2.05) is 0 Å². The number of hydrogen-bond acceptors (Lipinski definition) is 7. The molecular formula is C19H16ClN3O4. The predicted octanol–water partition coefficient (Wildman–Crippen LogP) is 4.17. The van der Waals surface area contributed by atoms with Gasteiger partial charge in [0.25, 0.3) is 5.88 Å². The van der Waals surface area contributed by atoms with Gasteiger partial charge >= 0.3 is 5.97 Å². The van der Waals surface area contributed by atoms with Crippen LogP contribution in [0.5, 0.6) is 17.4 Å². The van der Waals surface area contributed by atoms with E-state index in [1.54, 1.807) is 62.6 Å². The van der Waals surface area contributed by atoms with Gasteiger partial charge in [-0.2, -0.15) is 4.98 Å². The molecule has 0 aliphatic carbocycles. The van der Waals surface area contributed by atoms with Gasteiger partial charge in [-0.1, -0.05) is 11.6 Å². The maximum Gasteiger partial charge on any atom is 0.364 e. The standard InChI is InChI=1S/C19H16ClN3O4/c1-3-26-19(24)16-18(27-15-10-6-13(20)7-11-15)21-17(23-22-16)12-4-8-14(25-2)9-5-12/h4-11H,3H2,1-2H3. The summed E-state index contributed by atoms with van der Waals surface area (Å²) in [6, 6.07) is 13.8. The molecule has 3 aromatic rings. The highest BCUT2D eigenvalue weighted by Gasteiger charge is 2.21. The number of benzene rings is 2. The normalized spacial score (nSPS) is 10.3. The highest BCUT2D eigenvalue weighted by Crippen LogP contribution is 2.27. The Bertz CT molecular complexity index is 931. The molecule has 0 unspecified atom stereocenters. The number of aromatic nitrogens is 3. The number of esters is 1. The van der Waals surface area contributed by atoms with Gasteiger partial charge in [-0.25, -0.2) is 4.79 Å². The first kappa shape index (κ1) is 18.6. The lowest BCUT2D eigenvalue weighted by molar-refractivity contribution is 0.0514. The quantitative estimate of drug-likeness (QED) is 0.589. The smallest absolute Gasteiger partial charge is 0.364 e. The minimum Gasteiger partial charge on any atom is -0.497 e. The van der Waals surface area contributed by atoms with Crippen LogP contribution < -0.4 is 9.47 Å². The number of halogens is 1. The molecule has 138 valence electrons. The molecule has 0 aliphatic rings. The highest BCUT2D eigenvalue weighted by atomic mass is 35.5. The topological polar surface area (TPSA) is 83.4 Å². The summed E-state index contributed by atoms with van der Waals surface area (Å²) in [5.74, 6) is 0.785. The number of carbonyl (C=O) groups excluding carboxylic acids is 1. The van der Waals surface area contributed by atoms with Crippen LogP contribution >= 0.6 is 11.6 Å². The van der Waals surface area contributed by atoms with Gasteiger partial charge in [0.1, 0.15) is 11.5 Å². The molecule has 1 aromatic heterocycles. The fraction of sp³-hybridized carbons (Fsp3) is 0.158. The van der Waals surface area contributed by atoms with Crippen LogP contribution in [0.3, 0.4) is 0 Å². The maximum absolute atomic E-state index is 12.2. The SMILES string of the molecule is CCOC(=O)c1nnc(-c2ccc(OC)cc2)nc1Oc1ccc(Cl)cc1. The number of methoxy groups -OCH3 is 1. The number of carbonyl (C=O) groups is 1. The zero-order chi connectivity index (χ0) is 19.2. The summed E-state index contributed by atoms with van der Waals surface area (Å²) >= 11 is 5.89. The Hall–Kier alpha value is -3.19. The molecule has 0 aliphatic heterocycles. The zero-order valence-corrected chi connectivity index (χ0v) is 15.4. The highest BCUT2D eigenvalue weighted by molar-refractivity contribution is 6.30. The van der Waals surface area contributed by atoms with Gasteiger partial charge in [-0.15, -0.1) is 10.2 Å². The molecule has 0 saturated carbocycles. The number of ether oxygens (including phenoxy) is 3. The number of nitrogens with zero attached hydrogens (tertiary/aromatic N) is 3. The van der Waals surface area contributed by atoms with Crippen LogP contribution in [0.4, 0.5) is 0 Å². The van der Waals surface area contributed by atoms with E-state index in [0.29, 0.717) is 27.9 Å². The zero-order valence-electron chi connectivity index (χ0n) is 14.7. The predicted molar refractivity (Wildman–Crippen MR) is 99.3 cm³/mol. The van der Waals surface area contributed by atoms with Crippen LogP contribution in [-0.4, -0.2) is 34.9 Å². The molecular weight excluding hydrogens is 370 g/mol. The fourth-order valence-corrected chi connectivity index (χ4v) is 2.31. The molecule has 3 rings (SSSR count). The van der Waals surface area contributed by atoms with Gasteiger partial charge in [0.05, 0.1) is 13.7 Å². The van der Waals surface area contributed by atoms with Crippen molar-refractivity contribution in [3.05, 3.63) is 59.2 Å². The van der Waals surface area contributed by atoms with Gasteiger partial charge < -0.3 is 14.2 Å². The molecule has 0 amide bonds. The molecule has 0 fully saturated rings. The van der Waals surface area contributed by atoms with Crippen molar-refractivity contribution in [2.45, 2.75) is 6.92 Å². The van der Waals surface area contributed by atoms with Gasteiger partial charge in [0.2, 0.25) is 5.69 Å². The Morgan fingerprint density at radius 2 is 1.67 bits per heavy atom. The van der Waals surface area contributed by atoms with Crippen molar-refractivity contribution in [3.63, 3.8) is 0 Å². The van der Waals surface area contributed by atoms with E-state index in [9.17, 15) is 4.79 Å². The molecule has 8 heteroatoms. The Morgan fingerprint density at radius 3 is 2.30 bits per heavy atom. The first-order valence-electron chi connectivity index (χ1n) is 8.10. The van der Waals surface area contributed by atoms with E-state index in [-0.39, 0.29) is 18.2 Å². The molecule has 0 spiro atoms. The van der Waals surface area contributed by atoms with Gasteiger partial charge in [-0.05, 0) is 55.5 Å². The maximum atomic E-state index is 12.2. The molecule has 7 nitrogen and oxygen atoms in total. The summed E-state index contributed by atoms with van der Waals surface area (Å²) in [5, 5.41) is 8.54. The monoisotopic (exact) mass is 385 g/mol. The van der Waals surface area contributed by atoms with E-state index in [4.69, 9.17) is 25.8 Å². The van der Waals surface area contributed by atoms with Crippen LogP contribution in [0.2, 0.25) is 5.02 Å². The Kier molecular flexibility index (Phi) is 5.83. The second-order valence-electron chi connectivity index (χ2n) is 5.29. The third-order valence-corrected chi connectivity index (χ3v) is 3.75. The lowest BCUT2D eigenvalue weighted by atomic mass is 10.2. The van der Waals surface area contributed by atoms with Crippen molar-refractivity contribution in [2.24, 2.45) is 0 Å². The average Bonchev–Trinajstić information content (AvgIpc) is 2.70. The summed E-state index contributed by atoms with van der Waals surface area (Å²) in [5.41, 5.74) is 0.587. The van der Waals surface area contributed by atoms with E-state index in [2.05, 4.69) is 15.2 Å². The van der Waals surface area contributed by atoms with Crippen molar-refractivity contribution in [2.75, 3.05) is 13.7 Å². The molecule has 1 heterocycles. The average molecular weight is 386 g/mol. The summed E-state index contributed by atoms with van der Waals surface area (Å²) in [7, 11) is 1.58. The number of rotatable bonds is 6. The van der Waals surface area contributed by atoms with Crippen LogP contribution in [0.15, 0.2) is 48.5 Å². The Balaban J connectivity index is 1.99. The third-order valence-electron chi connectivity index (χ3n) is 3.50. The van der Waals surface area contributed by atoms with Gasteiger partial charge in [-0.3, -0.25) is 0 Å². The molecule has 0 bridgehead atoms. The first-order chi connectivity index (χ1) is 13.1. The first-order valence-corrected chi connectivity index (χ1v) is 8.48. The van der Waals surface area contributed by atoms with Crippen LogP contribution in [0.1, 0.15) is 17.4 Å². The minimum atomic E-state index is -0.664. The third kappa shape index (κ3) is 4.51. The van der Waals surface area contributed by atoms with E-state index in [0.717, 1.165) is 0 Å². The van der Waals surface area contributed by atoms with Crippen molar-refractivity contribution in [1.82, 2.24) is 15.2 Å².